The summed E-state index contributed by atoms with van der Waals surface area (Å²) in [6, 6.07) is 12.2. The Labute approximate surface area is 184 Å². The van der Waals surface area contributed by atoms with Gasteiger partial charge in [-0.3, -0.25) is 14.7 Å². The van der Waals surface area contributed by atoms with Crippen molar-refractivity contribution in [1.82, 2.24) is 20.1 Å². The molecule has 8 nitrogen and oxygen atoms in total. The lowest BCUT2D eigenvalue weighted by Crippen LogP contribution is -2.37. The molecule has 0 aliphatic carbocycles. The van der Waals surface area contributed by atoms with Crippen LogP contribution in [-0.4, -0.2) is 33.4 Å². The van der Waals surface area contributed by atoms with Crippen LogP contribution in [0.1, 0.15) is 11.3 Å². The summed E-state index contributed by atoms with van der Waals surface area (Å²) in [5, 5.41) is 22.9. The van der Waals surface area contributed by atoms with E-state index in [1.165, 1.54) is 6.20 Å². The molecule has 168 valence electrons. The molecule has 0 fully saturated rings. The molecule has 0 bridgehead atoms. The van der Waals surface area contributed by atoms with E-state index in [1.54, 1.807) is 48.6 Å². The Morgan fingerprint density at radius 2 is 2.03 bits per heavy atom. The average molecular weight is 454 g/mol. The smallest absolute Gasteiger partial charge is 0.355 e. The molecule has 33 heavy (non-hydrogen) atoms. The fraction of sp³-hybridized carbons (Fsp3) is 0.182. The van der Waals surface area contributed by atoms with Gasteiger partial charge in [0.15, 0.2) is 0 Å². The number of halogens is 3. The maximum Gasteiger partial charge on any atom is 0.405 e. The third-order valence-electron chi connectivity index (χ3n) is 5.05. The summed E-state index contributed by atoms with van der Waals surface area (Å²) in [6.45, 7) is -0.250. The molecule has 4 rings (SSSR count). The molecular weight excluding hydrogens is 437 g/mol. The number of nitrogens with zero attached hydrogens (tertiary/aromatic N) is 3. The van der Waals surface area contributed by atoms with Crippen LogP contribution < -0.4 is 16.2 Å². The summed E-state index contributed by atoms with van der Waals surface area (Å²) in [7, 11) is 0. The molecule has 0 aliphatic heterocycles. The number of rotatable bonds is 5. The maximum atomic E-state index is 13.1. The minimum absolute atomic E-state index is 0.253. The third-order valence-corrected chi connectivity index (χ3v) is 5.05. The van der Waals surface area contributed by atoms with Crippen molar-refractivity contribution in [1.29, 1.82) is 5.26 Å². The van der Waals surface area contributed by atoms with Crippen molar-refractivity contribution >= 4 is 39.0 Å². The average Bonchev–Trinajstić information content (AvgIpc) is 3.14. The Balaban J connectivity index is 1.70. The first-order valence-electron chi connectivity index (χ1n) is 9.78. The number of aryl methyl sites for hydroxylation is 1. The number of nitrogens with one attached hydrogen (secondary N) is 3. The summed E-state index contributed by atoms with van der Waals surface area (Å²) in [4.78, 5) is 25.0. The van der Waals surface area contributed by atoms with E-state index in [2.05, 4.69) is 21.6 Å². The molecule has 0 spiro atoms. The van der Waals surface area contributed by atoms with Crippen LogP contribution in [0, 0.1) is 18.3 Å². The summed E-state index contributed by atoms with van der Waals surface area (Å²) in [6.07, 6.45) is -3.19. The largest absolute Gasteiger partial charge is 0.405 e. The van der Waals surface area contributed by atoms with E-state index in [9.17, 15) is 28.0 Å². The molecular formula is C22H17F3N6O2. The van der Waals surface area contributed by atoms with Crippen molar-refractivity contribution in [3.05, 3.63) is 64.2 Å². The van der Waals surface area contributed by atoms with Crippen LogP contribution in [0.2, 0.25) is 0 Å². The Hall–Kier alpha value is -4.33. The second kappa shape index (κ2) is 8.31. The number of amides is 1. The fourth-order valence-electron chi connectivity index (χ4n) is 3.60. The van der Waals surface area contributed by atoms with Crippen LogP contribution >= 0.6 is 0 Å². The minimum atomic E-state index is -4.54. The zero-order valence-electron chi connectivity index (χ0n) is 17.2. The molecule has 2 aromatic carbocycles. The topological polar surface area (TPSA) is 116 Å². The normalized spacial score (nSPS) is 11.5. The van der Waals surface area contributed by atoms with Gasteiger partial charge in [-0.05, 0) is 36.6 Å². The number of aromatic amines is 1. The lowest BCUT2D eigenvalue weighted by molar-refractivity contribution is -0.138. The summed E-state index contributed by atoms with van der Waals surface area (Å²) >= 11 is 0. The molecule has 0 radical (unpaired) electrons. The highest BCUT2D eigenvalue weighted by atomic mass is 19.4. The number of benzene rings is 2. The van der Waals surface area contributed by atoms with E-state index in [-0.39, 0.29) is 5.39 Å². The SMILES string of the molecule is Cc1n[nH]c2cc(Nc3cccc4ccn(CC(=O)NCC(F)(F)F)c(=O)c34)cc(C#N)c12. The van der Waals surface area contributed by atoms with Crippen molar-refractivity contribution in [2.75, 3.05) is 11.9 Å². The zero-order chi connectivity index (χ0) is 23.8. The molecule has 1 amide bonds. The van der Waals surface area contributed by atoms with Gasteiger partial charge in [-0.2, -0.15) is 23.5 Å². The number of carbonyl (C=O) groups excluding carboxylic acids is 1. The number of nitriles is 1. The van der Waals surface area contributed by atoms with Gasteiger partial charge in [-0.1, -0.05) is 12.1 Å². The number of fused-ring (bicyclic) bond motifs is 2. The van der Waals surface area contributed by atoms with Crippen molar-refractivity contribution in [3.63, 3.8) is 0 Å². The molecule has 0 aliphatic rings. The van der Waals surface area contributed by atoms with Gasteiger partial charge in [-0.25, -0.2) is 0 Å². The highest BCUT2D eigenvalue weighted by molar-refractivity contribution is 5.96. The first-order chi connectivity index (χ1) is 15.7. The standard InChI is InChI=1S/C22H17F3N6O2/c1-12-19-14(9-26)7-15(8-17(19)30-29-12)28-16-4-2-3-13-5-6-31(21(33)20(13)16)10-18(32)27-11-22(23,24)25/h2-8,28H,10-11H2,1H3,(H,27,32)(H,29,30). The molecule has 2 heterocycles. The number of carbonyl (C=O) groups is 1. The lowest BCUT2D eigenvalue weighted by Gasteiger charge is -2.13. The van der Waals surface area contributed by atoms with E-state index < -0.39 is 30.7 Å². The number of anilines is 2. The van der Waals surface area contributed by atoms with Crippen molar-refractivity contribution < 1.29 is 18.0 Å². The van der Waals surface area contributed by atoms with Gasteiger partial charge < -0.3 is 15.2 Å². The summed E-state index contributed by atoms with van der Waals surface area (Å²) < 4.78 is 38.1. The predicted octanol–water partition coefficient (Wildman–Crippen LogP) is 3.48. The van der Waals surface area contributed by atoms with Crippen LogP contribution in [0.25, 0.3) is 21.7 Å². The van der Waals surface area contributed by atoms with Gasteiger partial charge in [0.2, 0.25) is 5.91 Å². The summed E-state index contributed by atoms with van der Waals surface area (Å²) in [5.41, 5.74) is 2.14. The van der Waals surface area contributed by atoms with E-state index in [0.717, 1.165) is 4.57 Å². The van der Waals surface area contributed by atoms with Crippen LogP contribution in [0.5, 0.6) is 0 Å². The number of hydrogen-bond acceptors (Lipinski definition) is 5. The molecule has 11 heteroatoms. The third kappa shape index (κ3) is 4.50. The number of aromatic nitrogens is 3. The molecule has 0 saturated heterocycles. The highest BCUT2D eigenvalue weighted by Crippen LogP contribution is 2.29. The van der Waals surface area contributed by atoms with Crippen LogP contribution in [0.3, 0.4) is 0 Å². The zero-order valence-corrected chi connectivity index (χ0v) is 17.2. The van der Waals surface area contributed by atoms with Crippen molar-refractivity contribution in [2.24, 2.45) is 0 Å². The molecule has 0 saturated carbocycles. The van der Waals surface area contributed by atoms with Crippen molar-refractivity contribution in [2.45, 2.75) is 19.6 Å². The highest BCUT2D eigenvalue weighted by Gasteiger charge is 2.27. The molecule has 4 aromatic rings. The van der Waals surface area contributed by atoms with Gasteiger partial charge in [-0.15, -0.1) is 0 Å². The van der Waals surface area contributed by atoms with E-state index >= 15 is 0 Å². The number of hydrogen-bond donors (Lipinski definition) is 3. The predicted molar refractivity (Wildman–Crippen MR) is 116 cm³/mol. The number of alkyl halides is 3. The molecule has 3 N–H and O–H groups in total. The Morgan fingerprint density at radius 3 is 2.76 bits per heavy atom. The van der Waals surface area contributed by atoms with Crippen LogP contribution in [0.4, 0.5) is 24.5 Å². The van der Waals surface area contributed by atoms with E-state index in [0.29, 0.717) is 38.9 Å². The van der Waals surface area contributed by atoms with Crippen LogP contribution in [-0.2, 0) is 11.3 Å². The van der Waals surface area contributed by atoms with Gasteiger partial charge in [0.1, 0.15) is 13.1 Å². The Kier molecular flexibility index (Phi) is 5.51. The first-order valence-corrected chi connectivity index (χ1v) is 9.78. The quantitative estimate of drug-likeness (QED) is 0.427. The van der Waals surface area contributed by atoms with Gasteiger partial charge in [0, 0.05) is 17.3 Å². The van der Waals surface area contributed by atoms with Gasteiger partial charge in [0.05, 0.1) is 33.9 Å². The number of pyridine rings is 1. The minimum Gasteiger partial charge on any atom is -0.355 e. The Morgan fingerprint density at radius 1 is 1.24 bits per heavy atom. The van der Waals surface area contributed by atoms with E-state index in [4.69, 9.17) is 0 Å². The van der Waals surface area contributed by atoms with Gasteiger partial charge >= 0.3 is 6.18 Å². The summed E-state index contributed by atoms with van der Waals surface area (Å²) in [5.74, 6) is -0.932. The lowest BCUT2D eigenvalue weighted by atomic mass is 10.1. The Bertz CT molecular complexity index is 1480. The van der Waals surface area contributed by atoms with Gasteiger partial charge in [0.25, 0.3) is 5.56 Å². The van der Waals surface area contributed by atoms with E-state index in [1.807, 2.05) is 0 Å². The first kappa shape index (κ1) is 21.9. The second-order valence-electron chi connectivity index (χ2n) is 7.40. The maximum absolute atomic E-state index is 13.1. The second-order valence-corrected chi connectivity index (χ2v) is 7.40. The molecule has 2 aromatic heterocycles. The van der Waals surface area contributed by atoms with Crippen molar-refractivity contribution in [3.8, 4) is 6.07 Å². The fourth-order valence-corrected chi connectivity index (χ4v) is 3.60. The number of H-pyrrole nitrogens is 1. The monoisotopic (exact) mass is 454 g/mol. The van der Waals surface area contributed by atoms with Crippen LogP contribution in [0.15, 0.2) is 47.4 Å². The molecule has 0 unspecified atom stereocenters. The molecule has 0 atom stereocenters.